The van der Waals surface area contributed by atoms with Gasteiger partial charge in [-0.15, -0.1) is 0 Å². The van der Waals surface area contributed by atoms with Gasteiger partial charge >= 0.3 is 0 Å². The van der Waals surface area contributed by atoms with E-state index in [2.05, 4.69) is 16.4 Å². The van der Waals surface area contributed by atoms with E-state index in [1.165, 1.54) is 17.5 Å². The number of benzene rings is 2. The highest BCUT2D eigenvalue weighted by molar-refractivity contribution is 5.93. The molecule has 0 spiro atoms. The van der Waals surface area contributed by atoms with Crippen LogP contribution < -0.4 is 19.5 Å². The van der Waals surface area contributed by atoms with Crippen LogP contribution >= 0.6 is 0 Å². The molecule has 2 aromatic carbocycles. The summed E-state index contributed by atoms with van der Waals surface area (Å²) < 4.78 is 16.6. The van der Waals surface area contributed by atoms with Gasteiger partial charge < -0.3 is 19.5 Å². The van der Waals surface area contributed by atoms with Gasteiger partial charge in [0.1, 0.15) is 22.9 Å². The van der Waals surface area contributed by atoms with Crippen molar-refractivity contribution in [3.8, 4) is 23.1 Å². The van der Waals surface area contributed by atoms with Crippen LogP contribution in [0.15, 0.2) is 60.8 Å². The number of aryl methyl sites for hydroxylation is 2. The summed E-state index contributed by atoms with van der Waals surface area (Å²) in [6.45, 7) is -0.0876. The molecule has 0 fully saturated rings. The largest absolute Gasteiger partial charge is 0.497 e. The van der Waals surface area contributed by atoms with Crippen LogP contribution in [-0.4, -0.2) is 24.6 Å². The number of anilines is 1. The van der Waals surface area contributed by atoms with Gasteiger partial charge in [0.05, 0.1) is 7.11 Å². The van der Waals surface area contributed by atoms with Gasteiger partial charge in [0.25, 0.3) is 5.91 Å². The highest BCUT2D eigenvalue weighted by Gasteiger charge is 2.13. The van der Waals surface area contributed by atoms with Crippen LogP contribution in [0.2, 0.25) is 0 Å². The van der Waals surface area contributed by atoms with Gasteiger partial charge in [-0.3, -0.25) is 4.79 Å². The summed E-state index contributed by atoms with van der Waals surface area (Å²) in [7, 11) is 1.60. The maximum absolute atomic E-state index is 12.4. The Morgan fingerprint density at radius 1 is 1.00 bits per heavy atom. The maximum atomic E-state index is 12.4. The average Bonchev–Trinajstić information content (AvgIpc) is 3.22. The smallest absolute Gasteiger partial charge is 0.262 e. The number of fused-ring (bicyclic) bond motifs is 1. The molecule has 0 saturated heterocycles. The zero-order chi connectivity index (χ0) is 20.1. The second kappa shape index (κ2) is 8.65. The van der Waals surface area contributed by atoms with Crippen molar-refractivity contribution in [2.45, 2.75) is 19.3 Å². The molecular formula is C23H22N2O4. The first-order valence-corrected chi connectivity index (χ1v) is 9.52. The second-order valence-electron chi connectivity index (χ2n) is 6.75. The number of ether oxygens (including phenoxy) is 3. The highest BCUT2D eigenvalue weighted by atomic mass is 16.5. The van der Waals surface area contributed by atoms with Crippen LogP contribution in [-0.2, 0) is 17.6 Å². The molecule has 0 radical (unpaired) electrons. The first-order valence-electron chi connectivity index (χ1n) is 9.52. The van der Waals surface area contributed by atoms with Crippen LogP contribution in [0.25, 0.3) is 0 Å². The van der Waals surface area contributed by atoms with Crippen molar-refractivity contribution < 1.29 is 19.0 Å². The number of methoxy groups -OCH3 is 1. The molecule has 148 valence electrons. The molecule has 1 amide bonds. The fraction of sp³-hybridized carbons (Fsp3) is 0.217. The van der Waals surface area contributed by atoms with E-state index < -0.39 is 0 Å². The van der Waals surface area contributed by atoms with Crippen LogP contribution in [0, 0.1) is 0 Å². The molecule has 0 unspecified atom stereocenters. The Bertz CT molecular complexity index is 1000. The molecule has 6 heteroatoms. The normalized spacial score (nSPS) is 12.2. The maximum Gasteiger partial charge on any atom is 0.262 e. The van der Waals surface area contributed by atoms with Gasteiger partial charge in [-0.2, -0.15) is 0 Å². The first-order chi connectivity index (χ1) is 14.2. The summed E-state index contributed by atoms with van der Waals surface area (Å²) in [4.78, 5) is 16.6. The quantitative estimate of drug-likeness (QED) is 0.648. The summed E-state index contributed by atoms with van der Waals surface area (Å²) in [6, 6.07) is 16.6. The predicted molar refractivity (Wildman–Crippen MR) is 110 cm³/mol. The SMILES string of the molecule is COc1ccc(Oc2ncccc2NC(=O)COc2ccc3c(c2)CCC3)cc1. The Morgan fingerprint density at radius 2 is 1.76 bits per heavy atom. The summed E-state index contributed by atoms with van der Waals surface area (Å²) in [5, 5.41) is 2.80. The van der Waals surface area contributed by atoms with Crippen molar-refractivity contribution in [2.75, 3.05) is 19.0 Å². The van der Waals surface area contributed by atoms with Gasteiger partial charge in [0, 0.05) is 6.20 Å². The van der Waals surface area contributed by atoms with Gasteiger partial charge in [0.15, 0.2) is 6.61 Å². The summed E-state index contributed by atoms with van der Waals surface area (Å²) in [5.41, 5.74) is 3.16. The van der Waals surface area contributed by atoms with E-state index in [1.807, 2.05) is 12.1 Å². The topological polar surface area (TPSA) is 69.7 Å². The zero-order valence-corrected chi connectivity index (χ0v) is 16.2. The van der Waals surface area contributed by atoms with Gasteiger partial charge in [-0.05, 0) is 78.9 Å². The Balaban J connectivity index is 1.37. The number of nitrogens with zero attached hydrogens (tertiary/aromatic N) is 1. The van der Waals surface area contributed by atoms with Gasteiger partial charge in [-0.25, -0.2) is 4.98 Å². The minimum atomic E-state index is -0.280. The van der Waals surface area contributed by atoms with E-state index in [0.717, 1.165) is 18.6 Å². The van der Waals surface area contributed by atoms with E-state index >= 15 is 0 Å². The van der Waals surface area contributed by atoms with E-state index in [0.29, 0.717) is 23.1 Å². The van der Waals surface area contributed by atoms with Crippen molar-refractivity contribution in [2.24, 2.45) is 0 Å². The Kier molecular flexibility index (Phi) is 5.61. The third-order valence-electron chi connectivity index (χ3n) is 4.76. The minimum absolute atomic E-state index is 0.0876. The number of pyridine rings is 1. The molecule has 0 saturated carbocycles. The second-order valence-corrected chi connectivity index (χ2v) is 6.75. The molecule has 1 heterocycles. The molecule has 1 aromatic heterocycles. The molecule has 1 N–H and O–H groups in total. The molecule has 1 aliphatic rings. The van der Waals surface area contributed by atoms with E-state index in [1.54, 1.807) is 49.7 Å². The molecule has 3 aromatic rings. The van der Waals surface area contributed by atoms with Crippen molar-refractivity contribution in [1.82, 2.24) is 4.98 Å². The molecule has 0 atom stereocenters. The van der Waals surface area contributed by atoms with E-state index in [9.17, 15) is 4.79 Å². The van der Waals surface area contributed by atoms with Crippen molar-refractivity contribution in [1.29, 1.82) is 0 Å². The van der Waals surface area contributed by atoms with Gasteiger partial charge in [0.2, 0.25) is 5.88 Å². The fourth-order valence-electron chi connectivity index (χ4n) is 3.30. The monoisotopic (exact) mass is 390 g/mol. The third-order valence-corrected chi connectivity index (χ3v) is 4.76. The Hall–Kier alpha value is -3.54. The molecular weight excluding hydrogens is 368 g/mol. The van der Waals surface area contributed by atoms with Crippen molar-refractivity contribution in [3.05, 3.63) is 71.9 Å². The zero-order valence-electron chi connectivity index (χ0n) is 16.2. The van der Waals surface area contributed by atoms with Gasteiger partial charge in [-0.1, -0.05) is 6.07 Å². The Morgan fingerprint density at radius 3 is 2.59 bits per heavy atom. The number of amides is 1. The molecule has 0 aliphatic heterocycles. The minimum Gasteiger partial charge on any atom is -0.497 e. The number of rotatable bonds is 7. The van der Waals surface area contributed by atoms with Crippen molar-refractivity contribution in [3.63, 3.8) is 0 Å². The lowest BCUT2D eigenvalue weighted by atomic mass is 10.1. The number of nitrogens with one attached hydrogen (secondary N) is 1. The molecule has 1 aliphatic carbocycles. The molecule has 29 heavy (non-hydrogen) atoms. The number of carbonyl (C=O) groups is 1. The van der Waals surface area contributed by atoms with Crippen molar-refractivity contribution >= 4 is 11.6 Å². The standard InChI is InChI=1S/C23H22N2O4/c1-27-18-9-11-19(12-10-18)29-23-21(6-3-13-24-23)25-22(26)15-28-20-8-7-16-4-2-5-17(16)14-20/h3,6-14H,2,4-5,15H2,1H3,(H,25,26). The van der Waals surface area contributed by atoms with Crippen LogP contribution in [0.1, 0.15) is 17.5 Å². The molecule has 0 bridgehead atoms. The lowest BCUT2D eigenvalue weighted by molar-refractivity contribution is -0.118. The summed E-state index contributed by atoms with van der Waals surface area (Å²) in [5.74, 6) is 2.06. The number of hydrogen-bond donors (Lipinski definition) is 1. The average molecular weight is 390 g/mol. The third kappa shape index (κ3) is 4.66. The number of carbonyl (C=O) groups excluding carboxylic acids is 1. The molecule has 4 rings (SSSR count). The lowest BCUT2D eigenvalue weighted by Gasteiger charge is -2.12. The highest BCUT2D eigenvalue weighted by Crippen LogP contribution is 2.28. The lowest BCUT2D eigenvalue weighted by Crippen LogP contribution is -2.20. The summed E-state index contributed by atoms with van der Waals surface area (Å²) in [6.07, 6.45) is 4.97. The summed E-state index contributed by atoms with van der Waals surface area (Å²) >= 11 is 0. The van der Waals surface area contributed by atoms with Crippen LogP contribution in [0.3, 0.4) is 0 Å². The number of hydrogen-bond acceptors (Lipinski definition) is 5. The van der Waals surface area contributed by atoms with Crippen LogP contribution in [0.4, 0.5) is 5.69 Å². The fourth-order valence-corrected chi connectivity index (χ4v) is 3.30. The van der Waals surface area contributed by atoms with E-state index in [-0.39, 0.29) is 12.5 Å². The first kappa shape index (κ1) is 18.8. The molecule has 6 nitrogen and oxygen atoms in total. The Labute approximate surface area is 169 Å². The number of aromatic nitrogens is 1. The van der Waals surface area contributed by atoms with E-state index in [4.69, 9.17) is 14.2 Å². The predicted octanol–water partition coefficient (Wildman–Crippen LogP) is 4.39. The van der Waals surface area contributed by atoms with Crippen LogP contribution in [0.5, 0.6) is 23.1 Å².